The van der Waals surface area contributed by atoms with Crippen molar-refractivity contribution in [1.82, 2.24) is 0 Å². The van der Waals surface area contributed by atoms with Gasteiger partial charge in [-0.2, -0.15) is 0 Å². The van der Waals surface area contributed by atoms with Gasteiger partial charge in [-0.3, -0.25) is 19.3 Å². The number of rotatable bonds is 6. The molecule has 0 atom stereocenters. The van der Waals surface area contributed by atoms with Crippen LogP contribution in [-0.2, 0) is 19.1 Å². The Kier molecular flexibility index (Phi) is 6.51. The van der Waals surface area contributed by atoms with Gasteiger partial charge in [0.2, 0.25) is 5.91 Å². The minimum atomic E-state index is -0.428. The van der Waals surface area contributed by atoms with Gasteiger partial charge >= 0.3 is 5.97 Å². The van der Waals surface area contributed by atoms with Gasteiger partial charge in [0, 0.05) is 17.5 Å². The van der Waals surface area contributed by atoms with E-state index in [-0.39, 0.29) is 31.4 Å². The average Bonchev–Trinajstić information content (AvgIpc) is 2.81. The number of nitrogens with zero attached hydrogens (tertiary/aromatic N) is 1. The summed E-state index contributed by atoms with van der Waals surface area (Å²) in [6.07, 6.45) is 1.28. The normalized spacial score (nSPS) is 13.0. The fourth-order valence-corrected chi connectivity index (χ4v) is 3.28. The molecule has 0 saturated carbocycles. The third-order valence-corrected chi connectivity index (χ3v) is 4.65. The van der Waals surface area contributed by atoms with Crippen LogP contribution in [0, 0.1) is 13.8 Å². The number of carbonyl (C=O) groups excluding carboxylic acids is 3. The van der Waals surface area contributed by atoms with Crippen molar-refractivity contribution < 1.29 is 19.1 Å². The summed E-state index contributed by atoms with van der Waals surface area (Å²) in [5.41, 5.74) is 4.38. The van der Waals surface area contributed by atoms with Gasteiger partial charge in [0.05, 0.1) is 24.4 Å². The summed E-state index contributed by atoms with van der Waals surface area (Å²) in [5, 5.41) is 5.98. The maximum absolute atomic E-state index is 12.9. The van der Waals surface area contributed by atoms with E-state index in [0.717, 1.165) is 11.1 Å². The molecule has 2 aromatic carbocycles. The fourth-order valence-electron chi connectivity index (χ4n) is 3.28. The molecule has 0 aromatic heterocycles. The van der Waals surface area contributed by atoms with E-state index in [0.29, 0.717) is 22.8 Å². The number of para-hydroxylation sites is 2. The average molecular weight is 407 g/mol. The Hall–Kier alpha value is -3.61. The van der Waals surface area contributed by atoms with Crippen molar-refractivity contribution in [3.63, 3.8) is 0 Å². The number of hydrogen-bond acceptors (Lipinski definition) is 5. The quantitative estimate of drug-likeness (QED) is 0.715. The Bertz CT molecular complexity index is 1010. The van der Waals surface area contributed by atoms with Crippen molar-refractivity contribution >= 4 is 34.8 Å². The standard InChI is InChI=1S/C23H25N3O4/c1-4-30-23(29)13-17-12-22(28)26(20-8-6-5-7-19(20)24-17)14-21(27)25-18-10-9-15(2)11-16(18)3/h5-12,24H,4,13-14H2,1-3H3,(H,25,27). The van der Waals surface area contributed by atoms with Gasteiger partial charge in [0.25, 0.3) is 5.91 Å². The second kappa shape index (κ2) is 9.26. The highest BCUT2D eigenvalue weighted by atomic mass is 16.5. The number of nitrogens with one attached hydrogen (secondary N) is 2. The first-order chi connectivity index (χ1) is 14.4. The van der Waals surface area contributed by atoms with Crippen LogP contribution in [0.2, 0.25) is 0 Å². The van der Waals surface area contributed by atoms with E-state index in [1.165, 1.54) is 11.0 Å². The van der Waals surface area contributed by atoms with Crippen LogP contribution in [0.5, 0.6) is 0 Å². The monoisotopic (exact) mass is 407 g/mol. The Morgan fingerprint density at radius 1 is 1.13 bits per heavy atom. The van der Waals surface area contributed by atoms with Crippen LogP contribution in [0.25, 0.3) is 0 Å². The Balaban J connectivity index is 1.82. The first kappa shape index (κ1) is 21.1. The summed E-state index contributed by atoms with van der Waals surface area (Å²) in [6.45, 7) is 5.74. The van der Waals surface area contributed by atoms with Gasteiger partial charge in [0.15, 0.2) is 0 Å². The summed E-state index contributed by atoms with van der Waals surface area (Å²) < 4.78 is 4.98. The molecule has 0 fully saturated rings. The van der Waals surface area contributed by atoms with E-state index in [1.807, 2.05) is 38.1 Å². The van der Waals surface area contributed by atoms with E-state index in [2.05, 4.69) is 10.6 Å². The van der Waals surface area contributed by atoms with Gasteiger partial charge in [-0.05, 0) is 44.5 Å². The van der Waals surface area contributed by atoms with Gasteiger partial charge in [-0.15, -0.1) is 0 Å². The van der Waals surface area contributed by atoms with Crippen LogP contribution < -0.4 is 15.5 Å². The molecule has 30 heavy (non-hydrogen) atoms. The summed E-state index contributed by atoms with van der Waals surface area (Å²) in [4.78, 5) is 38.9. The molecule has 7 nitrogen and oxygen atoms in total. The molecule has 0 unspecified atom stereocenters. The summed E-state index contributed by atoms with van der Waals surface area (Å²) in [6, 6.07) is 12.9. The van der Waals surface area contributed by atoms with Crippen LogP contribution >= 0.6 is 0 Å². The minimum absolute atomic E-state index is 0.0590. The summed E-state index contributed by atoms with van der Waals surface area (Å²) in [7, 11) is 0. The highest BCUT2D eigenvalue weighted by molar-refractivity contribution is 6.10. The zero-order chi connectivity index (χ0) is 21.7. The highest BCUT2D eigenvalue weighted by Crippen LogP contribution is 2.30. The third kappa shape index (κ3) is 5.05. The zero-order valence-electron chi connectivity index (χ0n) is 17.3. The van der Waals surface area contributed by atoms with E-state index in [1.54, 1.807) is 25.1 Å². The second-order valence-electron chi connectivity index (χ2n) is 7.08. The molecule has 1 aliphatic heterocycles. The maximum Gasteiger partial charge on any atom is 0.311 e. The number of amides is 2. The number of benzene rings is 2. The van der Waals surface area contributed by atoms with Crippen molar-refractivity contribution in [3.05, 3.63) is 65.4 Å². The molecule has 2 aromatic rings. The topological polar surface area (TPSA) is 87.7 Å². The first-order valence-electron chi connectivity index (χ1n) is 9.78. The van der Waals surface area contributed by atoms with E-state index >= 15 is 0 Å². The predicted molar refractivity (Wildman–Crippen MR) is 116 cm³/mol. The molecule has 3 rings (SSSR count). The zero-order valence-corrected chi connectivity index (χ0v) is 17.3. The maximum atomic E-state index is 12.9. The molecule has 7 heteroatoms. The fraction of sp³-hybridized carbons (Fsp3) is 0.261. The van der Waals surface area contributed by atoms with Gasteiger partial charge in [-0.25, -0.2) is 0 Å². The van der Waals surface area contributed by atoms with Crippen molar-refractivity contribution in [2.24, 2.45) is 0 Å². The Morgan fingerprint density at radius 3 is 2.63 bits per heavy atom. The van der Waals surface area contributed by atoms with E-state index < -0.39 is 5.97 Å². The number of carbonyl (C=O) groups is 3. The van der Waals surface area contributed by atoms with E-state index in [4.69, 9.17) is 4.74 Å². The largest absolute Gasteiger partial charge is 0.466 e. The molecule has 0 spiro atoms. The number of esters is 1. The Morgan fingerprint density at radius 2 is 1.90 bits per heavy atom. The lowest BCUT2D eigenvalue weighted by Gasteiger charge is -2.22. The second-order valence-corrected chi connectivity index (χ2v) is 7.08. The molecule has 0 saturated heterocycles. The molecule has 1 heterocycles. The van der Waals surface area contributed by atoms with Crippen molar-refractivity contribution in [2.45, 2.75) is 27.2 Å². The van der Waals surface area contributed by atoms with Crippen LogP contribution in [0.15, 0.2) is 54.2 Å². The lowest BCUT2D eigenvalue weighted by atomic mass is 10.1. The van der Waals surface area contributed by atoms with Gasteiger partial charge in [0.1, 0.15) is 6.54 Å². The van der Waals surface area contributed by atoms with Crippen LogP contribution in [-0.4, -0.2) is 30.9 Å². The van der Waals surface area contributed by atoms with Crippen LogP contribution in [0.1, 0.15) is 24.5 Å². The number of ether oxygens (including phenoxy) is 1. The summed E-state index contributed by atoms with van der Waals surface area (Å²) >= 11 is 0. The molecule has 2 N–H and O–H groups in total. The lowest BCUT2D eigenvalue weighted by molar-refractivity contribution is -0.142. The third-order valence-electron chi connectivity index (χ3n) is 4.65. The molecular weight excluding hydrogens is 382 g/mol. The number of hydrogen-bond donors (Lipinski definition) is 2. The number of aryl methyl sites for hydroxylation is 2. The first-order valence-corrected chi connectivity index (χ1v) is 9.78. The van der Waals surface area contributed by atoms with Crippen molar-refractivity contribution in [2.75, 3.05) is 28.7 Å². The molecular formula is C23H25N3O4. The molecule has 156 valence electrons. The number of fused-ring (bicyclic) bond motifs is 1. The van der Waals surface area contributed by atoms with Crippen molar-refractivity contribution in [3.8, 4) is 0 Å². The SMILES string of the molecule is CCOC(=O)CC1=CC(=O)N(CC(=O)Nc2ccc(C)cc2C)c2ccccc2N1. The van der Waals surface area contributed by atoms with Gasteiger partial charge in [-0.1, -0.05) is 29.8 Å². The van der Waals surface area contributed by atoms with E-state index in [9.17, 15) is 14.4 Å². The molecule has 0 aliphatic carbocycles. The smallest absolute Gasteiger partial charge is 0.311 e. The molecule has 0 radical (unpaired) electrons. The minimum Gasteiger partial charge on any atom is -0.466 e. The predicted octanol–water partition coefficient (Wildman–Crippen LogP) is 3.54. The molecule has 1 aliphatic rings. The highest BCUT2D eigenvalue weighted by Gasteiger charge is 2.25. The molecule has 2 amide bonds. The Labute approximate surface area is 175 Å². The summed E-state index contributed by atoms with van der Waals surface area (Å²) in [5.74, 6) is -1.13. The number of anilines is 3. The van der Waals surface area contributed by atoms with Crippen LogP contribution in [0.4, 0.5) is 17.1 Å². The van der Waals surface area contributed by atoms with Gasteiger partial charge < -0.3 is 15.4 Å². The molecule has 0 bridgehead atoms. The van der Waals surface area contributed by atoms with Crippen molar-refractivity contribution in [1.29, 1.82) is 0 Å². The van der Waals surface area contributed by atoms with Crippen LogP contribution in [0.3, 0.4) is 0 Å². The lowest BCUT2D eigenvalue weighted by Crippen LogP contribution is -2.37.